The Balaban J connectivity index is 3.21. The first-order valence-electron chi connectivity index (χ1n) is 3.50. The molecule has 0 unspecified atom stereocenters. The third-order valence-corrected chi connectivity index (χ3v) is 2.28. The van der Waals surface area contributed by atoms with E-state index in [-0.39, 0.29) is 12.2 Å². The van der Waals surface area contributed by atoms with Gasteiger partial charge in [0.1, 0.15) is 5.75 Å². The van der Waals surface area contributed by atoms with Gasteiger partial charge >= 0.3 is 0 Å². The molecule has 0 bridgehead atoms. The van der Waals surface area contributed by atoms with Gasteiger partial charge in [-0.25, -0.2) is 0 Å². The van der Waals surface area contributed by atoms with Crippen LogP contribution in [-0.4, -0.2) is 5.11 Å². The lowest BCUT2D eigenvalue weighted by molar-refractivity contribution is 0.469. The molecule has 0 aliphatic carbocycles. The smallest absolute Gasteiger partial charge is 0.121 e. The summed E-state index contributed by atoms with van der Waals surface area (Å²) in [7, 11) is 0. The largest absolute Gasteiger partial charge is 0.508 e. The fourth-order valence-electron chi connectivity index (χ4n) is 1.01. The van der Waals surface area contributed by atoms with Crippen molar-refractivity contribution in [2.45, 2.75) is 13.3 Å². The van der Waals surface area contributed by atoms with Gasteiger partial charge in [-0.15, -0.1) is 0 Å². The number of rotatable bonds is 1. The first-order chi connectivity index (χ1) is 5.65. The predicted octanol–water partition coefficient (Wildman–Crippen LogP) is 2.53. The molecule has 1 N–H and O–H groups in total. The van der Waals surface area contributed by atoms with Crippen molar-refractivity contribution in [1.82, 2.24) is 0 Å². The minimum atomic E-state index is 0.184. The van der Waals surface area contributed by atoms with Crippen molar-refractivity contribution >= 4 is 15.9 Å². The molecule has 12 heavy (non-hydrogen) atoms. The number of phenolic OH excluding ortho intramolecular Hbond substituents is 1. The zero-order chi connectivity index (χ0) is 9.14. The predicted molar refractivity (Wildman–Crippen MR) is 49.9 cm³/mol. The Morgan fingerprint density at radius 1 is 1.58 bits per heavy atom. The molecule has 1 aromatic rings. The molecule has 0 aliphatic rings. The van der Waals surface area contributed by atoms with E-state index in [9.17, 15) is 5.11 Å². The molecule has 0 spiro atoms. The van der Waals surface area contributed by atoms with Crippen molar-refractivity contribution in [2.75, 3.05) is 0 Å². The van der Waals surface area contributed by atoms with Crippen LogP contribution in [0, 0.1) is 18.3 Å². The monoisotopic (exact) mass is 225 g/mol. The van der Waals surface area contributed by atoms with E-state index in [4.69, 9.17) is 5.26 Å². The number of phenols is 1. The molecule has 2 nitrogen and oxygen atoms in total. The summed E-state index contributed by atoms with van der Waals surface area (Å²) >= 11 is 3.29. The van der Waals surface area contributed by atoms with Gasteiger partial charge in [0.05, 0.1) is 12.5 Å². The molecule has 0 heterocycles. The highest BCUT2D eigenvalue weighted by Crippen LogP contribution is 2.27. The minimum Gasteiger partial charge on any atom is -0.508 e. The van der Waals surface area contributed by atoms with Crippen LogP contribution < -0.4 is 0 Å². The Hall–Kier alpha value is -1.01. The standard InChI is InChI=1S/C9H8BrNO/c1-6-4-8(10)7(2-3-11)9(12)5-6/h4-5,12H,2H2,1H3. The topological polar surface area (TPSA) is 44.0 Å². The lowest BCUT2D eigenvalue weighted by Gasteiger charge is -2.04. The van der Waals surface area contributed by atoms with Crippen molar-refractivity contribution in [3.63, 3.8) is 0 Å². The average Bonchev–Trinajstić information content (AvgIpc) is 1.96. The summed E-state index contributed by atoms with van der Waals surface area (Å²) < 4.78 is 0.793. The molecular weight excluding hydrogens is 218 g/mol. The van der Waals surface area contributed by atoms with Gasteiger partial charge in [0.15, 0.2) is 0 Å². The van der Waals surface area contributed by atoms with Crippen LogP contribution in [0.15, 0.2) is 16.6 Å². The van der Waals surface area contributed by atoms with E-state index in [0.717, 1.165) is 10.0 Å². The van der Waals surface area contributed by atoms with Crippen LogP contribution >= 0.6 is 15.9 Å². The molecule has 1 aromatic carbocycles. The molecule has 0 saturated heterocycles. The van der Waals surface area contributed by atoms with Crippen LogP contribution in [-0.2, 0) is 6.42 Å². The average molecular weight is 226 g/mol. The first kappa shape index (κ1) is 9.08. The highest BCUT2D eigenvalue weighted by Gasteiger charge is 2.05. The maximum Gasteiger partial charge on any atom is 0.121 e. The molecule has 0 atom stereocenters. The maximum atomic E-state index is 9.42. The fourth-order valence-corrected chi connectivity index (χ4v) is 1.71. The highest BCUT2D eigenvalue weighted by atomic mass is 79.9. The number of nitrogens with zero attached hydrogens (tertiary/aromatic N) is 1. The summed E-state index contributed by atoms with van der Waals surface area (Å²) in [5.74, 6) is 0.184. The molecule has 0 amide bonds. The second-order valence-corrected chi connectivity index (χ2v) is 3.43. The third kappa shape index (κ3) is 1.77. The summed E-state index contributed by atoms with van der Waals surface area (Å²) in [4.78, 5) is 0. The highest BCUT2D eigenvalue weighted by molar-refractivity contribution is 9.10. The zero-order valence-corrected chi connectivity index (χ0v) is 8.22. The van der Waals surface area contributed by atoms with Crippen LogP contribution in [0.25, 0.3) is 0 Å². The van der Waals surface area contributed by atoms with E-state index in [1.807, 2.05) is 19.1 Å². The zero-order valence-electron chi connectivity index (χ0n) is 6.63. The SMILES string of the molecule is Cc1cc(O)c(CC#N)c(Br)c1. The van der Waals surface area contributed by atoms with Crippen molar-refractivity contribution in [3.8, 4) is 11.8 Å². The van der Waals surface area contributed by atoms with Gasteiger partial charge in [-0.2, -0.15) is 5.26 Å². The molecular formula is C9H8BrNO. The Morgan fingerprint density at radius 3 is 2.75 bits per heavy atom. The van der Waals surface area contributed by atoms with Crippen LogP contribution in [0.3, 0.4) is 0 Å². The van der Waals surface area contributed by atoms with Gasteiger partial charge in [0.2, 0.25) is 0 Å². The van der Waals surface area contributed by atoms with Gasteiger partial charge in [-0.1, -0.05) is 15.9 Å². The maximum absolute atomic E-state index is 9.42. The quantitative estimate of drug-likeness (QED) is 0.799. The van der Waals surface area contributed by atoms with Crippen LogP contribution in [0.5, 0.6) is 5.75 Å². The van der Waals surface area contributed by atoms with Gasteiger partial charge < -0.3 is 5.11 Å². The molecule has 1 rings (SSSR count). The Kier molecular flexibility index (Phi) is 2.72. The van der Waals surface area contributed by atoms with E-state index >= 15 is 0 Å². The summed E-state index contributed by atoms with van der Waals surface area (Å²) in [5.41, 5.74) is 1.63. The van der Waals surface area contributed by atoms with Crippen molar-refractivity contribution in [2.24, 2.45) is 0 Å². The molecule has 3 heteroatoms. The molecule has 62 valence electrons. The number of halogens is 1. The summed E-state index contributed by atoms with van der Waals surface area (Å²) in [6.45, 7) is 1.89. The summed E-state index contributed by atoms with van der Waals surface area (Å²) in [5, 5.41) is 17.9. The fraction of sp³-hybridized carbons (Fsp3) is 0.222. The van der Waals surface area contributed by atoms with Gasteiger partial charge in [-0.05, 0) is 24.6 Å². The first-order valence-corrected chi connectivity index (χ1v) is 4.29. The van der Waals surface area contributed by atoms with Crippen molar-refractivity contribution in [1.29, 1.82) is 5.26 Å². The second-order valence-electron chi connectivity index (χ2n) is 2.58. The molecule has 0 radical (unpaired) electrons. The Bertz CT molecular complexity index is 318. The number of aromatic hydroxyl groups is 1. The van der Waals surface area contributed by atoms with E-state index in [1.165, 1.54) is 0 Å². The van der Waals surface area contributed by atoms with Crippen molar-refractivity contribution in [3.05, 3.63) is 27.7 Å². The molecule has 0 saturated carbocycles. The van der Waals surface area contributed by atoms with Crippen LogP contribution in [0.2, 0.25) is 0 Å². The number of hydrogen-bond acceptors (Lipinski definition) is 2. The van der Waals surface area contributed by atoms with Crippen LogP contribution in [0.1, 0.15) is 11.1 Å². The summed E-state index contributed by atoms with van der Waals surface area (Å²) in [6, 6.07) is 5.53. The summed E-state index contributed by atoms with van der Waals surface area (Å²) in [6.07, 6.45) is 0.229. The minimum absolute atomic E-state index is 0.184. The molecule has 0 aliphatic heterocycles. The Morgan fingerprint density at radius 2 is 2.25 bits per heavy atom. The Labute approximate surface area is 79.6 Å². The number of benzene rings is 1. The van der Waals surface area contributed by atoms with Gasteiger partial charge in [-0.3, -0.25) is 0 Å². The van der Waals surface area contributed by atoms with Gasteiger partial charge in [0, 0.05) is 10.0 Å². The van der Waals surface area contributed by atoms with Crippen molar-refractivity contribution < 1.29 is 5.11 Å². The van der Waals surface area contributed by atoms with Gasteiger partial charge in [0.25, 0.3) is 0 Å². The van der Waals surface area contributed by atoms with E-state index in [1.54, 1.807) is 6.07 Å². The second kappa shape index (κ2) is 3.59. The van der Waals surface area contributed by atoms with E-state index in [2.05, 4.69) is 15.9 Å². The lowest BCUT2D eigenvalue weighted by atomic mass is 10.1. The lowest BCUT2D eigenvalue weighted by Crippen LogP contribution is -1.86. The number of hydrogen-bond donors (Lipinski definition) is 1. The molecule has 0 aromatic heterocycles. The van der Waals surface area contributed by atoms with E-state index in [0.29, 0.717) is 5.56 Å². The number of aryl methyl sites for hydroxylation is 1. The normalized spacial score (nSPS) is 9.42. The van der Waals surface area contributed by atoms with E-state index < -0.39 is 0 Å². The molecule has 0 fully saturated rings. The van der Waals surface area contributed by atoms with Crippen LogP contribution in [0.4, 0.5) is 0 Å². The third-order valence-electron chi connectivity index (χ3n) is 1.57. The number of nitriles is 1.